The van der Waals surface area contributed by atoms with Crippen LogP contribution in [0.2, 0.25) is 0 Å². The number of nitrogens with two attached hydrogens (primary N) is 1. The molecule has 0 radical (unpaired) electrons. The van der Waals surface area contributed by atoms with Crippen LogP contribution in [0.25, 0.3) is 0 Å². The van der Waals surface area contributed by atoms with Gasteiger partial charge in [-0.2, -0.15) is 0 Å². The molecule has 0 aliphatic heterocycles. The highest BCUT2D eigenvalue weighted by Gasteiger charge is 2.26. The Labute approximate surface area is 122 Å². The number of amides is 1. The van der Waals surface area contributed by atoms with Crippen molar-refractivity contribution in [3.63, 3.8) is 0 Å². The number of hydrogen-bond donors (Lipinski definition) is 2. The molecule has 1 fully saturated rings. The van der Waals surface area contributed by atoms with Gasteiger partial charge in [0.2, 0.25) is 0 Å². The second-order valence-corrected chi connectivity index (χ2v) is 6.44. The average molecular weight is 326 g/mol. The Morgan fingerprint density at radius 2 is 2.16 bits per heavy atom. The quantitative estimate of drug-likeness (QED) is 0.878. The van der Waals surface area contributed by atoms with Crippen LogP contribution in [0.5, 0.6) is 0 Å². The molecule has 3 unspecified atom stereocenters. The molecule has 1 amide bonds. The van der Waals surface area contributed by atoms with Gasteiger partial charge in [-0.3, -0.25) is 4.79 Å². The second kappa shape index (κ2) is 5.90. The zero-order valence-corrected chi connectivity index (χ0v) is 12.9. The SMILES string of the molecule is CC1CCC(NC(=O)c2cc(Br)cnc2N)CC1C. The van der Waals surface area contributed by atoms with E-state index >= 15 is 0 Å². The fraction of sp³-hybridized carbons (Fsp3) is 0.571. The number of halogens is 1. The third kappa shape index (κ3) is 3.47. The summed E-state index contributed by atoms with van der Waals surface area (Å²) < 4.78 is 0.762. The lowest BCUT2D eigenvalue weighted by atomic mass is 9.79. The number of rotatable bonds is 2. The summed E-state index contributed by atoms with van der Waals surface area (Å²) in [6.45, 7) is 4.52. The Morgan fingerprint density at radius 3 is 2.84 bits per heavy atom. The lowest BCUT2D eigenvalue weighted by molar-refractivity contribution is 0.0911. The number of nitrogen functional groups attached to an aromatic ring is 1. The summed E-state index contributed by atoms with van der Waals surface area (Å²) >= 11 is 3.31. The number of anilines is 1. The molecule has 1 heterocycles. The Balaban J connectivity index is 2.03. The van der Waals surface area contributed by atoms with Crippen molar-refractivity contribution in [2.75, 3.05) is 5.73 Å². The van der Waals surface area contributed by atoms with Gasteiger partial charge in [-0.25, -0.2) is 4.98 Å². The van der Waals surface area contributed by atoms with Crippen molar-refractivity contribution in [2.45, 2.75) is 39.2 Å². The Morgan fingerprint density at radius 1 is 1.42 bits per heavy atom. The van der Waals surface area contributed by atoms with Gasteiger partial charge in [0.05, 0.1) is 5.56 Å². The van der Waals surface area contributed by atoms with Crippen LogP contribution in [0.4, 0.5) is 5.82 Å². The molecule has 19 heavy (non-hydrogen) atoms. The van der Waals surface area contributed by atoms with Gasteiger partial charge < -0.3 is 11.1 Å². The first-order valence-corrected chi connectivity index (χ1v) is 7.48. The number of hydrogen-bond acceptors (Lipinski definition) is 3. The number of carbonyl (C=O) groups is 1. The van der Waals surface area contributed by atoms with Crippen LogP contribution in [0.1, 0.15) is 43.5 Å². The van der Waals surface area contributed by atoms with E-state index in [4.69, 9.17) is 5.73 Å². The van der Waals surface area contributed by atoms with Crippen molar-refractivity contribution in [1.29, 1.82) is 0 Å². The van der Waals surface area contributed by atoms with Gasteiger partial charge in [-0.15, -0.1) is 0 Å². The third-order valence-electron chi connectivity index (χ3n) is 4.06. The zero-order chi connectivity index (χ0) is 14.0. The van der Waals surface area contributed by atoms with E-state index in [9.17, 15) is 4.79 Å². The molecule has 0 bridgehead atoms. The maximum Gasteiger partial charge on any atom is 0.255 e. The minimum Gasteiger partial charge on any atom is -0.383 e. The van der Waals surface area contributed by atoms with Crippen molar-refractivity contribution in [2.24, 2.45) is 11.8 Å². The van der Waals surface area contributed by atoms with Crippen LogP contribution in [0.3, 0.4) is 0 Å². The number of aromatic nitrogens is 1. The predicted octanol–water partition coefficient (Wildman–Crippen LogP) is 2.98. The molecule has 1 aliphatic carbocycles. The first-order valence-electron chi connectivity index (χ1n) is 6.69. The minimum atomic E-state index is -0.127. The molecule has 0 saturated heterocycles. The Kier molecular flexibility index (Phi) is 4.45. The maximum atomic E-state index is 12.2. The smallest absolute Gasteiger partial charge is 0.255 e. The van der Waals surface area contributed by atoms with Crippen molar-refractivity contribution in [3.05, 3.63) is 22.3 Å². The second-order valence-electron chi connectivity index (χ2n) is 5.52. The van der Waals surface area contributed by atoms with E-state index in [-0.39, 0.29) is 17.8 Å². The summed E-state index contributed by atoms with van der Waals surface area (Å²) in [6.07, 6.45) is 4.83. The Bertz CT molecular complexity index is 478. The molecule has 4 nitrogen and oxygen atoms in total. The van der Waals surface area contributed by atoms with Gasteiger partial charge in [0, 0.05) is 16.7 Å². The number of pyridine rings is 1. The lowest BCUT2D eigenvalue weighted by Crippen LogP contribution is -2.40. The van der Waals surface area contributed by atoms with E-state index in [2.05, 4.69) is 40.1 Å². The molecule has 2 rings (SSSR count). The highest BCUT2D eigenvalue weighted by Crippen LogP contribution is 2.29. The van der Waals surface area contributed by atoms with Crippen molar-refractivity contribution in [1.82, 2.24) is 10.3 Å². The van der Waals surface area contributed by atoms with Gasteiger partial charge in [0.1, 0.15) is 5.82 Å². The van der Waals surface area contributed by atoms with E-state index in [0.29, 0.717) is 11.5 Å². The van der Waals surface area contributed by atoms with Crippen LogP contribution in [0.15, 0.2) is 16.7 Å². The minimum absolute atomic E-state index is 0.127. The summed E-state index contributed by atoms with van der Waals surface area (Å²) in [5.41, 5.74) is 6.20. The van der Waals surface area contributed by atoms with E-state index in [1.165, 1.54) is 6.42 Å². The molecule has 1 aromatic heterocycles. The molecule has 0 spiro atoms. The molecule has 0 aromatic carbocycles. The van der Waals surface area contributed by atoms with E-state index in [0.717, 1.165) is 23.2 Å². The number of nitrogens with one attached hydrogen (secondary N) is 1. The summed E-state index contributed by atoms with van der Waals surface area (Å²) in [7, 11) is 0. The van der Waals surface area contributed by atoms with Gasteiger partial charge in [0.15, 0.2) is 0 Å². The van der Waals surface area contributed by atoms with Crippen molar-refractivity contribution < 1.29 is 4.79 Å². The highest BCUT2D eigenvalue weighted by atomic mass is 79.9. The maximum absolute atomic E-state index is 12.2. The topological polar surface area (TPSA) is 68.0 Å². The summed E-state index contributed by atoms with van der Waals surface area (Å²) in [5.74, 6) is 1.54. The summed E-state index contributed by atoms with van der Waals surface area (Å²) in [4.78, 5) is 16.2. The normalized spacial score (nSPS) is 27.0. The van der Waals surface area contributed by atoms with Crippen LogP contribution in [0, 0.1) is 11.8 Å². The average Bonchev–Trinajstić information content (AvgIpc) is 2.36. The summed E-state index contributed by atoms with van der Waals surface area (Å²) in [6, 6.07) is 1.96. The largest absolute Gasteiger partial charge is 0.383 e. The fourth-order valence-corrected chi connectivity index (χ4v) is 2.90. The molecular weight excluding hydrogens is 306 g/mol. The first-order chi connectivity index (χ1) is 8.97. The molecule has 1 aromatic rings. The fourth-order valence-electron chi connectivity index (χ4n) is 2.57. The molecule has 1 aliphatic rings. The van der Waals surface area contributed by atoms with Gasteiger partial charge in [-0.05, 0) is 53.1 Å². The van der Waals surface area contributed by atoms with Crippen molar-refractivity contribution >= 4 is 27.7 Å². The predicted molar refractivity (Wildman–Crippen MR) is 79.8 cm³/mol. The first kappa shape index (κ1) is 14.3. The van der Waals surface area contributed by atoms with E-state index in [1.807, 2.05) is 0 Å². The Hall–Kier alpha value is -1.10. The monoisotopic (exact) mass is 325 g/mol. The van der Waals surface area contributed by atoms with Crippen LogP contribution in [-0.2, 0) is 0 Å². The molecular formula is C14H20BrN3O. The molecule has 1 saturated carbocycles. The van der Waals surface area contributed by atoms with Crippen LogP contribution in [-0.4, -0.2) is 16.9 Å². The summed E-state index contributed by atoms with van der Waals surface area (Å²) in [5, 5.41) is 3.07. The van der Waals surface area contributed by atoms with Gasteiger partial charge >= 0.3 is 0 Å². The van der Waals surface area contributed by atoms with Gasteiger partial charge in [0.25, 0.3) is 5.91 Å². The number of nitrogens with zero attached hydrogens (tertiary/aromatic N) is 1. The van der Waals surface area contributed by atoms with Crippen molar-refractivity contribution in [3.8, 4) is 0 Å². The molecule has 104 valence electrons. The standard InChI is InChI=1S/C14H20BrN3O/c1-8-3-4-11(5-9(8)2)18-14(19)12-6-10(15)7-17-13(12)16/h6-9,11H,3-5H2,1-2H3,(H2,16,17)(H,18,19). The van der Waals surface area contributed by atoms with Crippen LogP contribution >= 0.6 is 15.9 Å². The molecule has 3 atom stereocenters. The molecule has 3 N–H and O–H groups in total. The number of carbonyl (C=O) groups excluding carboxylic acids is 1. The molecule has 5 heteroatoms. The highest BCUT2D eigenvalue weighted by molar-refractivity contribution is 9.10. The van der Waals surface area contributed by atoms with E-state index < -0.39 is 0 Å². The lowest BCUT2D eigenvalue weighted by Gasteiger charge is -2.32. The van der Waals surface area contributed by atoms with E-state index in [1.54, 1.807) is 12.3 Å². The third-order valence-corrected chi connectivity index (χ3v) is 4.50. The van der Waals surface area contributed by atoms with Crippen LogP contribution < -0.4 is 11.1 Å². The van der Waals surface area contributed by atoms with Gasteiger partial charge in [-0.1, -0.05) is 13.8 Å². The zero-order valence-electron chi connectivity index (χ0n) is 11.3.